The van der Waals surface area contributed by atoms with Crippen LogP contribution in [0.1, 0.15) is 23.3 Å². The lowest BCUT2D eigenvalue weighted by Crippen LogP contribution is -2.42. The zero-order chi connectivity index (χ0) is 25.2. The summed E-state index contributed by atoms with van der Waals surface area (Å²) in [5.41, 5.74) is 1.82. The zero-order valence-corrected chi connectivity index (χ0v) is 22.1. The average Bonchev–Trinajstić information content (AvgIpc) is 3.25. The molecule has 1 saturated heterocycles. The number of anilines is 2. The van der Waals surface area contributed by atoms with Crippen molar-refractivity contribution in [1.82, 2.24) is 24.7 Å². The number of piperidine rings is 1. The molecule has 2 aliphatic heterocycles. The Bertz CT molecular complexity index is 1290. The highest BCUT2D eigenvalue weighted by Gasteiger charge is 2.26. The third-order valence-corrected chi connectivity index (χ3v) is 8.51. The molecule has 0 spiro atoms. The number of halogens is 2. The van der Waals surface area contributed by atoms with E-state index in [-0.39, 0.29) is 10.9 Å². The number of likely N-dealkylation sites (N-methyl/N-ethyl adjacent to an activating group) is 1. The zero-order valence-electron chi connectivity index (χ0n) is 20.5. The Kier molecular flexibility index (Phi) is 7.52. The van der Waals surface area contributed by atoms with Gasteiger partial charge in [0.25, 0.3) is 0 Å². The van der Waals surface area contributed by atoms with Crippen molar-refractivity contribution in [3.63, 3.8) is 0 Å². The molecule has 1 N–H and O–H groups in total. The van der Waals surface area contributed by atoms with Gasteiger partial charge in [-0.3, -0.25) is 9.69 Å². The molecule has 2 aliphatic rings. The summed E-state index contributed by atoms with van der Waals surface area (Å²) in [5.74, 6) is 0.243. The first-order chi connectivity index (χ1) is 17.4. The smallest absolute Gasteiger partial charge is 0.246 e. The van der Waals surface area contributed by atoms with Crippen LogP contribution < -0.4 is 5.32 Å². The van der Waals surface area contributed by atoms with Crippen molar-refractivity contribution in [3.8, 4) is 0 Å². The Labute approximate surface area is 219 Å². The van der Waals surface area contributed by atoms with Crippen LogP contribution in [0, 0.1) is 5.82 Å². The summed E-state index contributed by atoms with van der Waals surface area (Å²) in [5, 5.41) is 4.27. The first-order valence-corrected chi connectivity index (χ1v) is 13.4. The van der Waals surface area contributed by atoms with E-state index in [1.807, 2.05) is 11.0 Å². The third kappa shape index (κ3) is 5.39. The van der Waals surface area contributed by atoms with Crippen LogP contribution in [0.25, 0.3) is 10.2 Å². The van der Waals surface area contributed by atoms with Crippen LogP contribution in [0.15, 0.2) is 36.7 Å². The average molecular weight is 529 g/mol. The predicted octanol–water partition coefficient (Wildman–Crippen LogP) is 4.69. The standard InChI is InChI=1S/C26H30ClFN6OS/c1-32-11-7-18(8-12-32)33(2)10-3-4-23(35)34-13-9-19-22(15-34)36-26-24(19)25(29-16-30-26)31-17-5-6-21(28)20(27)14-17/h3-6,14,16,18H,7-13,15H2,1-2H3,(H,29,30,31). The van der Waals surface area contributed by atoms with Gasteiger partial charge >= 0.3 is 0 Å². The Morgan fingerprint density at radius 1 is 1.31 bits per heavy atom. The van der Waals surface area contributed by atoms with Crippen LogP contribution in [-0.2, 0) is 17.8 Å². The number of carbonyl (C=O) groups excluding carboxylic acids is 1. The van der Waals surface area contributed by atoms with E-state index in [0.717, 1.165) is 41.1 Å². The highest BCUT2D eigenvalue weighted by atomic mass is 35.5. The number of benzene rings is 1. The van der Waals surface area contributed by atoms with Crippen molar-refractivity contribution >= 4 is 50.6 Å². The molecular formula is C26H30ClFN6OS. The van der Waals surface area contributed by atoms with Crippen LogP contribution in [0.5, 0.6) is 0 Å². The molecule has 36 heavy (non-hydrogen) atoms. The van der Waals surface area contributed by atoms with Gasteiger partial charge in [-0.05, 0) is 70.2 Å². The monoisotopic (exact) mass is 528 g/mol. The van der Waals surface area contributed by atoms with Crippen molar-refractivity contribution in [2.45, 2.75) is 31.8 Å². The van der Waals surface area contributed by atoms with Gasteiger partial charge in [0.15, 0.2) is 0 Å². The normalized spacial score (nSPS) is 17.3. The molecule has 0 bridgehead atoms. The molecule has 10 heteroatoms. The van der Waals surface area contributed by atoms with Crippen molar-refractivity contribution in [2.75, 3.05) is 45.6 Å². The molecule has 0 atom stereocenters. The van der Waals surface area contributed by atoms with Crippen molar-refractivity contribution < 1.29 is 9.18 Å². The second kappa shape index (κ2) is 10.8. The maximum atomic E-state index is 13.6. The SMILES string of the molecule is CN1CCC(N(C)CC=CC(=O)N2CCc3c(sc4ncnc(Nc5ccc(F)c(Cl)c5)c34)C2)CC1. The fraction of sp³-hybridized carbons (Fsp3) is 0.423. The van der Waals surface area contributed by atoms with Gasteiger partial charge in [0.05, 0.1) is 17.0 Å². The quantitative estimate of drug-likeness (QED) is 0.468. The summed E-state index contributed by atoms with van der Waals surface area (Å²) < 4.78 is 13.6. The van der Waals surface area contributed by atoms with E-state index >= 15 is 0 Å². The molecule has 4 heterocycles. The van der Waals surface area contributed by atoms with Crippen LogP contribution in [0.4, 0.5) is 15.9 Å². The van der Waals surface area contributed by atoms with Crippen molar-refractivity contribution in [1.29, 1.82) is 0 Å². The van der Waals surface area contributed by atoms with Crippen LogP contribution in [-0.4, -0.2) is 76.9 Å². The fourth-order valence-corrected chi connectivity index (χ4v) is 6.31. The van der Waals surface area contributed by atoms with E-state index in [0.29, 0.717) is 30.6 Å². The molecule has 0 saturated carbocycles. The van der Waals surface area contributed by atoms with E-state index in [2.05, 4.69) is 39.2 Å². The van der Waals surface area contributed by atoms with Crippen molar-refractivity contribution in [3.05, 3.63) is 58.0 Å². The number of thiophene rings is 1. The molecule has 0 radical (unpaired) electrons. The lowest BCUT2D eigenvalue weighted by Gasteiger charge is -2.34. The molecule has 1 amide bonds. The van der Waals surface area contributed by atoms with Gasteiger partial charge in [0, 0.05) is 35.8 Å². The number of nitrogens with zero attached hydrogens (tertiary/aromatic N) is 5. The second-order valence-electron chi connectivity index (χ2n) is 9.55. The molecule has 2 aromatic heterocycles. The van der Waals surface area contributed by atoms with Gasteiger partial charge in [0.2, 0.25) is 5.91 Å². The summed E-state index contributed by atoms with van der Waals surface area (Å²) in [7, 11) is 4.31. The lowest BCUT2D eigenvalue weighted by molar-refractivity contribution is -0.126. The van der Waals surface area contributed by atoms with E-state index in [1.165, 1.54) is 30.8 Å². The van der Waals surface area contributed by atoms with E-state index in [9.17, 15) is 9.18 Å². The predicted molar refractivity (Wildman–Crippen MR) is 144 cm³/mol. The lowest BCUT2D eigenvalue weighted by atomic mass is 10.0. The largest absolute Gasteiger partial charge is 0.340 e. The number of hydrogen-bond donors (Lipinski definition) is 1. The summed E-state index contributed by atoms with van der Waals surface area (Å²) >= 11 is 7.53. The number of carbonyl (C=O) groups is 1. The molecule has 0 aliphatic carbocycles. The Morgan fingerprint density at radius 2 is 2.11 bits per heavy atom. The fourth-order valence-electron chi connectivity index (χ4n) is 4.93. The first kappa shape index (κ1) is 25.1. The third-order valence-electron chi connectivity index (χ3n) is 7.10. The topological polar surface area (TPSA) is 64.6 Å². The van der Waals surface area contributed by atoms with E-state index in [1.54, 1.807) is 29.5 Å². The number of likely N-dealkylation sites (tertiary alicyclic amines) is 1. The minimum atomic E-state index is -0.463. The summed E-state index contributed by atoms with van der Waals surface area (Å²) in [6.45, 7) is 4.24. The van der Waals surface area contributed by atoms with Crippen LogP contribution in [0.2, 0.25) is 5.02 Å². The first-order valence-electron chi connectivity index (χ1n) is 12.2. The molecule has 3 aromatic rings. The number of fused-ring (bicyclic) bond motifs is 3. The number of amides is 1. The molecule has 1 fully saturated rings. The van der Waals surface area contributed by atoms with Crippen molar-refractivity contribution in [2.24, 2.45) is 0 Å². The van der Waals surface area contributed by atoms with Crippen LogP contribution >= 0.6 is 22.9 Å². The summed E-state index contributed by atoms with van der Waals surface area (Å²) in [6, 6.07) is 5.08. The number of hydrogen-bond acceptors (Lipinski definition) is 7. The number of nitrogens with one attached hydrogen (secondary N) is 1. The van der Waals surface area contributed by atoms with Gasteiger partial charge in [-0.1, -0.05) is 17.7 Å². The molecule has 7 nitrogen and oxygen atoms in total. The Balaban J connectivity index is 1.25. The van der Waals surface area contributed by atoms with Gasteiger partial charge in [0.1, 0.15) is 22.8 Å². The summed E-state index contributed by atoms with van der Waals surface area (Å²) in [6.07, 6.45) is 8.30. The minimum Gasteiger partial charge on any atom is -0.340 e. The Hall–Kier alpha value is -2.59. The highest BCUT2D eigenvalue weighted by Crippen LogP contribution is 2.38. The van der Waals surface area contributed by atoms with E-state index < -0.39 is 5.82 Å². The van der Waals surface area contributed by atoms with Crippen LogP contribution in [0.3, 0.4) is 0 Å². The van der Waals surface area contributed by atoms with E-state index in [4.69, 9.17) is 11.6 Å². The van der Waals surface area contributed by atoms with Gasteiger partial charge in [-0.2, -0.15) is 0 Å². The molecule has 190 valence electrons. The Morgan fingerprint density at radius 3 is 2.89 bits per heavy atom. The molecular weight excluding hydrogens is 499 g/mol. The number of rotatable bonds is 6. The molecule has 0 unspecified atom stereocenters. The number of aromatic nitrogens is 2. The van der Waals surface area contributed by atoms with Gasteiger partial charge < -0.3 is 15.1 Å². The van der Waals surface area contributed by atoms with Gasteiger partial charge in [-0.15, -0.1) is 11.3 Å². The minimum absolute atomic E-state index is 0.0419. The highest BCUT2D eigenvalue weighted by molar-refractivity contribution is 7.19. The molecule has 1 aromatic carbocycles. The maximum absolute atomic E-state index is 13.6. The maximum Gasteiger partial charge on any atom is 0.246 e. The van der Waals surface area contributed by atoms with Gasteiger partial charge in [-0.25, -0.2) is 14.4 Å². The molecule has 5 rings (SSSR count). The second-order valence-corrected chi connectivity index (χ2v) is 11.0. The summed E-state index contributed by atoms with van der Waals surface area (Å²) in [4.78, 5) is 30.4.